The number of likely N-dealkylation sites (tertiary alicyclic amines) is 1. The van der Waals surface area contributed by atoms with Gasteiger partial charge in [-0.1, -0.05) is 30.5 Å². The summed E-state index contributed by atoms with van der Waals surface area (Å²) in [5.41, 5.74) is 8.76. The Balaban J connectivity index is 2.31. The summed E-state index contributed by atoms with van der Waals surface area (Å²) in [5.74, 6) is 0. The Bertz CT molecular complexity index is 601. The first-order valence-corrected chi connectivity index (χ1v) is 9.37. The number of hydrogen-bond acceptors (Lipinski definition) is 5. The summed E-state index contributed by atoms with van der Waals surface area (Å²) in [7, 11) is 1.90. The van der Waals surface area contributed by atoms with Crippen LogP contribution in [-0.4, -0.2) is 43.8 Å². The third-order valence-electron chi connectivity index (χ3n) is 4.88. The summed E-state index contributed by atoms with van der Waals surface area (Å²) in [4.78, 5) is 11.2. The molecule has 0 aromatic heterocycles. The monoisotopic (exact) mass is 363 g/mol. The van der Waals surface area contributed by atoms with Crippen molar-refractivity contribution in [3.8, 4) is 0 Å². The Morgan fingerprint density at radius 3 is 2.88 bits per heavy atom. The van der Waals surface area contributed by atoms with E-state index in [9.17, 15) is 0 Å². The van der Waals surface area contributed by atoms with Crippen LogP contribution in [0.2, 0.25) is 5.02 Å². The lowest BCUT2D eigenvalue weighted by atomic mass is 9.99. The van der Waals surface area contributed by atoms with Gasteiger partial charge in [-0.3, -0.25) is 14.9 Å². The molecule has 0 radical (unpaired) electrons. The van der Waals surface area contributed by atoms with Crippen LogP contribution in [0.5, 0.6) is 0 Å². The zero-order valence-corrected chi connectivity index (χ0v) is 16.1. The molecule has 25 heavy (non-hydrogen) atoms. The minimum Gasteiger partial charge on any atom is -0.388 e. The van der Waals surface area contributed by atoms with E-state index in [1.54, 1.807) is 0 Å². The highest BCUT2D eigenvalue weighted by molar-refractivity contribution is 6.31. The molecule has 2 rings (SSSR count). The summed E-state index contributed by atoms with van der Waals surface area (Å²) < 4.78 is 0. The second-order valence-electron chi connectivity index (χ2n) is 6.53. The molecule has 6 heteroatoms. The summed E-state index contributed by atoms with van der Waals surface area (Å²) in [6.45, 7) is 7.15. The van der Waals surface area contributed by atoms with Crippen LogP contribution >= 0.6 is 11.6 Å². The Morgan fingerprint density at radius 1 is 1.44 bits per heavy atom. The van der Waals surface area contributed by atoms with Crippen molar-refractivity contribution in [2.45, 2.75) is 51.2 Å². The zero-order chi connectivity index (χ0) is 18.2. The lowest BCUT2D eigenvalue weighted by Crippen LogP contribution is -2.38. The average Bonchev–Trinajstić information content (AvgIpc) is 2.85. The summed E-state index contributed by atoms with van der Waals surface area (Å²) >= 11 is 6.61. The van der Waals surface area contributed by atoms with Crippen LogP contribution in [0, 0.1) is 0 Å². The van der Waals surface area contributed by atoms with Gasteiger partial charge in [0.05, 0.1) is 6.67 Å². The largest absolute Gasteiger partial charge is 0.388 e. The number of aliphatic imine (C=N–C) groups is 2. The van der Waals surface area contributed by atoms with Crippen LogP contribution in [0.25, 0.3) is 0 Å². The Morgan fingerprint density at radius 2 is 2.24 bits per heavy atom. The van der Waals surface area contributed by atoms with Crippen LogP contribution in [0.3, 0.4) is 0 Å². The van der Waals surface area contributed by atoms with Crippen LogP contribution in [0.4, 0.5) is 5.69 Å². The first-order chi connectivity index (χ1) is 12.1. The van der Waals surface area contributed by atoms with E-state index in [0.717, 1.165) is 35.8 Å². The van der Waals surface area contributed by atoms with Gasteiger partial charge in [-0.15, -0.1) is 0 Å². The van der Waals surface area contributed by atoms with E-state index in [-0.39, 0.29) is 12.2 Å². The Labute approximate surface area is 156 Å². The van der Waals surface area contributed by atoms with Crippen molar-refractivity contribution in [2.75, 3.05) is 25.6 Å². The quantitative estimate of drug-likeness (QED) is 0.717. The van der Waals surface area contributed by atoms with Gasteiger partial charge in [0.25, 0.3) is 0 Å². The zero-order valence-electron chi connectivity index (χ0n) is 15.3. The Kier molecular flexibility index (Phi) is 7.88. The van der Waals surface area contributed by atoms with E-state index in [4.69, 9.17) is 17.3 Å². The molecular formula is C19H30ClN5. The summed E-state index contributed by atoms with van der Waals surface area (Å²) in [6, 6.07) is 6.47. The standard InChI is InChI=1S/C19H30ClN5/c1-14(24-13-21)11-19(23-3)25-10-6-4-5-7-18(25)16-9-8-15(22-2)12-17(16)20/h8-9,12,18-19,22H,3-7,10-11,13,21H2,1-2H3/b24-14-. The molecule has 0 aliphatic carbocycles. The molecule has 0 bridgehead atoms. The molecule has 1 aliphatic rings. The van der Waals surface area contributed by atoms with Gasteiger partial charge in [0, 0.05) is 42.5 Å². The molecule has 2 atom stereocenters. The number of nitrogens with two attached hydrogens (primary N) is 1. The molecule has 138 valence electrons. The molecule has 1 saturated heterocycles. The second kappa shape index (κ2) is 9.90. The number of anilines is 1. The average molecular weight is 364 g/mol. The first kappa shape index (κ1) is 19.9. The maximum Gasteiger partial charge on any atom is 0.107 e. The van der Waals surface area contributed by atoms with Gasteiger partial charge >= 0.3 is 0 Å². The van der Waals surface area contributed by atoms with Crippen LogP contribution in [0.15, 0.2) is 28.2 Å². The predicted octanol–water partition coefficient (Wildman–Crippen LogP) is 4.09. The fourth-order valence-electron chi connectivity index (χ4n) is 3.55. The van der Waals surface area contributed by atoms with Crippen molar-refractivity contribution in [3.63, 3.8) is 0 Å². The smallest absolute Gasteiger partial charge is 0.107 e. The molecule has 1 aliphatic heterocycles. The van der Waals surface area contributed by atoms with Gasteiger partial charge in [0.1, 0.15) is 6.17 Å². The highest BCUT2D eigenvalue weighted by Gasteiger charge is 2.29. The van der Waals surface area contributed by atoms with Gasteiger partial charge in [-0.25, -0.2) is 0 Å². The van der Waals surface area contributed by atoms with Crippen molar-refractivity contribution < 1.29 is 0 Å². The number of halogens is 1. The molecule has 2 unspecified atom stereocenters. The molecule has 5 nitrogen and oxygen atoms in total. The highest BCUT2D eigenvalue weighted by Crippen LogP contribution is 2.37. The molecule has 3 N–H and O–H groups in total. The van der Waals surface area contributed by atoms with Crippen molar-refractivity contribution >= 4 is 29.7 Å². The van der Waals surface area contributed by atoms with E-state index in [2.05, 4.69) is 39.1 Å². The summed E-state index contributed by atoms with van der Waals surface area (Å²) in [6.07, 6.45) is 5.44. The minimum absolute atomic E-state index is 0.00144. The number of rotatable bonds is 7. The molecular weight excluding hydrogens is 334 g/mol. The molecule has 0 amide bonds. The van der Waals surface area contributed by atoms with Crippen LogP contribution in [-0.2, 0) is 0 Å². The van der Waals surface area contributed by atoms with E-state index in [1.807, 2.05) is 20.0 Å². The van der Waals surface area contributed by atoms with Crippen molar-refractivity contribution in [1.82, 2.24) is 4.90 Å². The van der Waals surface area contributed by atoms with E-state index >= 15 is 0 Å². The van der Waals surface area contributed by atoms with Gasteiger partial charge in [-0.05, 0) is 44.2 Å². The van der Waals surface area contributed by atoms with Gasteiger partial charge in [-0.2, -0.15) is 0 Å². The van der Waals surface area contributed by atoms with Crippen molar-refractivity contribution in [3.05, 3.63) is 28.8 Å². The minimum atomic E-state index is -0.00144. The number of hydrogen-bond donors (Lipinski definition) is 2. The molecule has 0 spiro atoms. The Hall–Kier alpha value is -1.43. The molecule has 0 saturated carbocycles. The van der Waals surface area contributed by atoms with Gasteiger partial charge in [0.2, 0.25) is 0 Å². The molecule has 1 aromatic rings. The SMILES string of the molecule is C=NC(C/C(C)=N\CN)N1CCCCCC1c1ccc(NC)cc1Cl. The lowest BCUT2D eigenvalue weighted by Gasteiger charge is -2.35. The van der Waals surface area contributed by atoms with E-state index in [1.165, 1.54) is 24.8 Å². The van der Waals surface area contributed by atoms with Crippen LogP contribution in [0.1, 0.15) is 50.6 Å². The molecule has 1 heterocycles. The number of nitrogens with one attached hydrogen (secondary N) is 1. The number of benzene rings is 1. The van der Waals surface area contributed by atoms with Crippen LogP contribution < -0.4 is 11.1 Å². The van der Waals surface area contributed by atoms with Crippen molar-refractivity contribution in [1.29, 1.82) is 0 Å². The normalized spacial score (nSPS) is 20.8. The summed E-state index contributed by atoms with van der Waals surface area (Å²) in [5, 5.41) is 3.95. The van der Waals surface area contributed by atoms with E-state index in [0.29, 0.717) is 6.67 Å². The molecule has 1 aromatic carbocycles. The third-order valence-corrected chi connectivity index (χ3v) is 5.20. The van der Waals surface area contributed by atoms with Gasteiger partial charge in [0.15, 0.2) is 0 Å². The topological polar surface area (TPSA) is 66.0 Å². The fourth-order valence-corrected chi connectivity index (χ4v) is 3.85. The fraction of sp³-hybridized carbons (Fsp3) is 0.579. The maximum atomic E-state index is 6.61. The molecule has 1 fully saturated rings. The highest BCUT2D eigenvalue weighted by atomic mass is 35.5. The van der Waals surface area contributed by atoms with Gasteiger partial charge < -0.3 is 11.1 Å². The van der Waals surface area contributed by atoms with Crippen molar-refractivity contribution in [2.24, 2.45) is 15.7 Å². The number of nitrogens with zero attached hydrogens (tertiary/aromatic N) is 3. The second-order valence-corrected chi connectivity index (χ2v) is 6.94. The first-order valence-electron chi connectivity index (χ1n) is 8.99. The lowest BCUT2D eigenvalue weighted by molar-refractivity contribution is 0.144. The van der Waals surface area contributed by atoms with E-state index < -0.39 is 0 Å². The third kappa shape index (κ3) is 5.27. The maximum absolute atomic E-state index is 6.61. The predicted molar refractivity (Wildman–Crippen MR) is 109 cm³/mol.